The number of imide groups is 1. The van der Waals surface area contributed by atoms with Crippen LogP contribution in [0.4, 0.5) is 28.9 Å². The van der Waals surface area contributed by atoms with E-state index in [1.165, 1.54) is 23.4 Å². The normalized spacial score (nSPS) is 15.8. The number of pyridine rings is 1. The Labute approximate surface area is 292 Å². The second-order valence-electron chi connectivity index (χ2n) is 11.3. The number of carbonyl (C=O) groups is 5. The minimum Gasteiger partial charge on any atom is -0.534 e. The van der Waals surface area contributed by atoms with Crippen LogP contribution in [0.25, 0.3) is 0 Å². The summed E-state index contributed by atoms with van der Waals surface area (Å²) in [5.74, 6) is -9.55. The summed E-state index contributed by atoms with van der Waals surface area (Å²) in [5.41, 5.74) is -0.757. The molecule has 0 aliphatic carbocycles. The number of hydrogen-bond acceptors (Lipinski definition) is 10. The lowest BCUT2D eigenvalue weighted by molar-refractivity contribution is -0.123. The number of hydrogen-bond donors (Lipinski definition) is 8. The van der Waals surface area contributed by atoms with Crippen molar-refractivity contribution in [2.24, 2.45) is 0 Å². The summed E-state index contributed by atoms with van der Waals surface area (Å²) in [6, 6.07) is 1.49. The molecule has 3 aromatic rings. The number of carbonyl (C=O) groups excluding carboxylic acids is 4. The molecular weight excluding hydrogens is 703 g/mol. The van der Waals surface area contributed by atoms with Crippen LogP contribution in [-0.4, -0.2) is 104 Å². The minimum absolute atomic E-state index is 0.0889. The van der Waals surface area contributed by atoms with E-state index < -0.39 is 94.1 Å². The summed E-state index contributed by atoms with van der Waals surface area (Å²) in [6.45, 7) is 0.273. The van der Waals surface area contributed by atoms with E-state index in [1.807, 2.05) is 0 Å². The summed E-state index contributed by atoms with van der Waals surface area (Å²) in [5, 5.41) is 49.2. The van der Waals surface area contributed by atoms with Gasteiger partial charge in [-0.1, -0.05) is 17.7 Å². The number of carboxylic acids is 1. The number of fused-ring (bicyclic) bond motifs is 1. The highest BCUT2D eigenvalue weighted by atomic mass is 35.5. The van der Waals surface area contributed by atoms with Gasteiger partial charge in [-0.2, -0.15) is 0 Å². The van der Waals surface area contributed by atoms with E-state index in [2.05, 4.69) is 26.3 Å². The Morgan fingerprint density at radius 1 is 1.08 bits per heavy atom. The van der Waals surface area contributed by atoms with Crippen molar-refractivity contribution in [3.63, 3.8) is 0 Å². The quantitative estimate of drug-likeness (QED) is 0.0851. The molecule has 0 spiro atoms. The molecule has 1 fully saturated rings. The number of aromatic nitrogens is 1. The Balaban J connectivity index is 1.27. The van der Waals surface area contributed by atoms with Gasteiger partial charge in [0.25, 0.3) is 0 Å². The second kappa shape index (κ2) is 15.3. The maximum absolute atomic E-state index is 14.6. The van der Waals surface area contributed by atoms with E-state index in [-0.39, 0.29) is 38.2 Å². The van der Waals surface area contributed by atoms with E-state index in [9.17, 15) is 53.1 Å². The largest absolute Gasteiger partial charge is 0.547 e. The number of aromatic hydroxyl groups is 2. The van der Waals surface area contributed by atoms with Crippen molar-refractivity contribution in [2.45, 2.75) is 24.8 Å². The van der Waals surface area contributed by atoms with E-state index in [0.29, 0.717) is 18.2 Å². The molecule has 0 saturated carbocycles. The molecule has 2 atom stereocenters. The van der Waals surface area contributed by atoms with Gasteiger partial charge in [-0.25, -0.2) is 32.9 Å². The molecule has 51 heavy (non-hydrogen) atoms. The fraction of sp³-hybridized carbons (Fsp3) is 0.267. The fourth-order valence-electron chi connectivity index (χ4n) is 5.40. The molecule has 2 aliphatic heterocycles. The van der Waals surface area contributed by atoms with Crippen molar-refractivity contribution in [3.8, 4) is 17.2 Å². The number of halogens is 3. The van der Waals surface area contributed by atoms with E-state index >= 15 is 0 Å². The van der Waals surface area contributed by atoms with Crippen LogP contribution in [0.1, 0.15) is 33.9 Å². The predicted octanol–water partition coefficient (Wildman–Crippen LogP) is 1.96. The topological polar surface area (TPSA) is 243 Å². The van der Waals surface area contributed by atoms with Crippen LogP contribution in [0.15, 0.2) is 42.7 Å². The van der Waals surface area contributed by atoms with Gasteiger partial charge in [0.05, 0.1) is 11.0 Å². The Morgan fingerprint density at radius 3 is 2.51 bits per heavy atom. The molecule has 17 nitrogen and oxygen atoms in total. The Bertz CT molecular complexity index is 1880. The maximum atomic E-state index is 14.6. The molecule has 1 aromatic heterocycles. The number of phenols is 2. The van der Waals surface area contributed by atoms with Gasteiger partial charge in [0, 0.05) is 49.8 Å². The van der Waals surface area contributed by atoms with Crippen LogP contribution in [0.2, 0.25) is 5.02 Å². The predicted molar refractivity (Wildman–Crippen MR) is 173 cm³/mol. The summed E-state index contributed by atoms with van der Waals surface area (Å²) in [4.78, 5) is 69.8. The Hall–Kier alpha value is -5.89. The van der Waals surface area contributed by atoms with Crippen LogP contribution in [0.5, 0.6) is 17.2 Å². The average Bonchev–Trinajstić information content (AvgIpc) is 3.46. The summed E-state index contributed by atoms with van der Waals surface area (Å²) >= 11 is 6.14. The first-order valence-electron chi connectivity index (χ1n) is 15.2. The van der Waals surface area contributed by atoms with Crippen molar-refractivity contribution in [2.75, 3.05) is 31.5 Å². The number of amides is 7. The van der Waals surface area contributed by atoms with Gasteiger partial charge >= 0.3 is 31.2 Å². The zero-order valence-electron chi connectivity index (χ0n) is 26.2. The van der Waals surface area contributed by atoms with Crippen LogP contribution >= 0.6 is 11.6 Å². The molecule has 1 unspecified atom stereocenters. The lowest BCUT2D eigenvalue weighted by atomic mass is 9.72. The van der Waals surface area contributed by atoms with E-state index in [4.69, 9.17) is 16.3 Å². The van der Waals surface area contributed by atoms with Crippen LogP contribution < -0.4 is 25.9 Å². The highest BCUT2D eigenvalue weighted by Gasteiger charge is 2.42. The third kappa shape index (κ3) is 7.96. The van der Waals surface area contributed by atoms with Crippen molar-refractivity contribution < 1.29 is 57.8 Å². The fourth-order valence-corrected chi connectivity index (χ4v) is 5.66. The number of anilines is 1. The first-order chi connectivity index (χ1) is 24.3. The van der Waals surface area contributed by atoms with Gasteiger partial charge in [0.2, 0.25) is 5.91 Å². The third-order valence-corrected chi connectivity index (χ3v) is 8.35. The number of benzene rings is 2. The average molecular weight is 732 g/mol. The van der Waals surface area contributed by atoms with Gasteiger partial charge in [-0.3, -0.25) is 9.78 Å². The van der Waals surface area contributed by atoms with Crippen molar-refractivity contribution in [1.29, 1.82) is 0 Å². The van der Waals surface area contributed by atoms with Crippen molar-refractivity contribution >= 4 is 54.4 Å². The van der Waals surface area contributed by atoms with Gasteiger partial charge < -0.3 is 51.2 Å². The molecule has 5 rings (SSSR count). The molecule has 21 heteroatoms. The minimum atomic E-state index is -1.95. The summed E-state index contributed by atoms with van der Waals surface area (Å²) in [7, 11) is -1.93. The highest BCUT2D eigenvalue weighted by molar-refractivity contribution is 6.47. The monoisotopic (exact) mass is 731 g/mol. The van der Waals surface area contributed by atoms with Crippen LogP contribution in [0.3, 0.4) is 0 Å². The molecular formula is C30H29BClF2N7O10. The molecule has 0 radical (unpaired) electrons. The number of urea groups is 3. The Morgan fingerprint density at radius 2 is 1.80 bits per heavy atom. The van der Waals surface area contributed by atoms with Gasteiger partial charge in [0.15, 0.2) is 17.3 Å². The summed E-state index contributed by atoms with van der Waals surface area (Å²) < 4.78 is 34.0. The maximum Gasteiger partial charge on any atom is 0.547 e. The SMILES string of the molecule is O=C(NCCCN1CCN(C(=O)NC(C(=O)N[C@H]2Cc3ccc(F)c(C(=O)O)c3OB2O)c2cc(F)c(O)c(O)c2Cl)C1=O)Nc1ccncc1. The number of phenolic OH excluding ortho intramolecular Hbond substituents is 2. The number of rotatable bonds is 10. The van der Waals surface area contributed by atoms with Gasteiger partial charge in [-0.05, 0) is 42.7 Å². The van der Waals surface area contributed by atoms with Crippen molar-refractivity contribution in [3.05, 3.63) is 76.1 Å². The lowest BCUT2D eigenvalue weighted by Gasteiger charge is -2.31. The van der Waals surface area contributed by atoms with Crippen molar-refractivity contribution in [1.82, 2.24) is 30.7 Å². The second-order valence-corrected chi connectivity index (χ2v) is 11.7. The Kier molecular flexibility index (Phi) is 10.9. The van der Waals surface area contributed by atoms with E-state index in [1.54, 1.807) is 12.1 Å². The number of nitrogens with one attached hydrogen (secondary N) is 4. The molecule has 2 aromatic carbocycles. The molecule has 1 saturated heterocycles. The smallest absolute Gasteiger partial charge is 0.534 e. The zero-order chi connectivity index (χ0) is 37.0. The van der Waals surface area contributed by atoms with Gasteiger partial charge in [-0.15, -0.1) is 0 Å². The first-order valence-corrected chi connectivity index (χ1v) is 15.6. The summed E-state index contributed by atoms with van der Waals surface area (Å²) in [6.07, 6.45) is 3.04. The van der Waals surface area contributed by atoms with E-state index in [0.717, 1.165) is 11.0 Å². The number of carboxylic acid groups (broad SMARTS) is 1. The van der Waals surface area contributed by atoms with Gasteiger partial charge in [0.1, 0.15) is 23.2 Å². The highest BCUT2D eigenvalue weighted by Crippen LogP contribution is 2.40. The standard InChI is InChI=1S/C30H29BClF2N7O10/c32-21-16(13-18(34)23(42)24(21)43)22(26(44)38-19-12-14-2-3-17(33)20(27(45)46)25(14)51-31(19)50)39-29(48)41-11-10-40(30(41)49)9-1-6-36-28(47)37-15-4-7-35-8-5-15/h2-5,7-8,13,19,22,42-43,50H,1,6,9-12H2,(H,38,44)(H,39,48)(H,45,46)(H2,35,36,37,47)/t19-,22?/m0/s1. The van der Waals surface area contributed by atoms with Crippen LogP contribution in [-0.2, 0) is 11.2 Å². The first kappa shape index (κ1) is 36.4. The molecule has 0 bridgehead atoms. The number of nitrogens with zero attached hydrogens (tertiary/aromatic N) is 3. The third-order valence-electron chi connectivity index (χ3n) is 7.96. The molecule has 3 heterocycles. The molecule has 7 amide bonds. The molecule has 8 N–H and O–H groups in total. The molecule has 2 aliphatic rings. The zero-order valence-corrected chi connectivity index (χ0v) is 27.0. The van der Waals surface area contributed by atoms with Crippen LogP contribution in [0, 0.1) is 11.6 Å². The lowest BCUT2D eigenvalue weighted by Crippen LogP contribution is -2.56. The number of aromatic carboxylic acids is 1. The molecule has 268 valence electrons.